The number of fused-ring (bicyclic) bond motifs is 5. The monoisotopic (exact) mass is 436 g/mol. The lowest BCUT2D eigenvalue weighted by Gasteiger charge is -2.59. The summed E-state index contributed by atoms with van der Waals surface area (Å²) in [4.78, 5) is 11.6. The highest BCUT2D eigenvalue weighted by atomic mass is 16.3. The van der Waals surface area contributed by atoms with E-state index in [1.165, 1.54) is 18.4 Å². The first-order valence-corrected chi connectivity index (χ1v) is 13.3. The van der Waals surface area contributed by atoms with Gasteiger partial charge in [0.05, 0.1) is 21.3 Å². The fraction of sp³-hybridized carbons (Fsp3) is 0.893. The van der Waals surface area contributed by atoms with Crippen LogP contribution >= 0.6 is 0 Å². The van der Waals surface area contributed by atoms with E-state index in [2.05, 4.69) is 26.8 Å². The molecule has 0 heterocycles. The molecule has 0 aromatic carbocycles. The van der Waals surface area contributed by atoms with Crippen LogP contribution in [-0.4, -0.2) is 32.2 Å². The van der Waals surface area contributed by atoms with Crippen molar-refractivity contribution in [3.63, 3.8) is 0 Å². The molecule has 4 aliphatic carbocycles. The molecule has 6 unspecified atom stereocenters. The van der Waals surface area contributed by atoms with Gasteiger partial charge in [-0.15, -0.1) is 0 Å². The molecule has 8 atom stereocenters. The molecule has 4 rings (SSSR count). The highest BCUT2D eigenvalue weighted by Crippen LogP contribution is 2.72. The van der Waals surface area contributed by atoms with Crippen molar-refractivity contribution in [1.82, 2.24) is 0 Å². The number of carbonyl (C=O) groups is 1. The van der Waals surface area contributed by atoms with Gasteiger partial charge >= 0.3 is 0 Å². The quantitative estimate of drug-likeness (QED) is 0.409. The number of hydrogen-bond donors (Lipinski definition) is 1. The van der Waals surface area contributed by atoms with Crippen molar-refractivity contribution in [3.8, 4) is 0 Å². The first-order valence-electron chi connectivity index (χ1n) is 13.3. The third-order valence-corrected chi connectivity index (χ3v) is 10.2. The Balaban J connectivity index is 0.00000141. The minimum absolute atomic E-state index is 0.155. The summed E-state index contributed by atoms with van der Waals surface area (Å²) in [5.41, 5.74) is 1.33. The summed E-state index contributed by atoms with van der Waals surface area (Å²) in [6.45, 7) is 14.9. The molecule has 0 aromatic heterocycles. The molecule has 0 aliphatic heterocycles. The van der Waals surface area contributed by atoms with E-state index in [4.69, 9.17) is 15.7 Å². The lowest BCUT2D eigenvalue weighted by atomic mass is 9.43. The van der Waals surface area contributed by atoms with Crippen LogP contribution in [0.5, 0.6) is 0 Å². The van der Waals surface area contributed by atoms with Crippen LogP contribution < -0.4 is 0 Å². The first kappa shape index (κ1) is 26.1. The molecule has 0 aromatic rings. The molecule has 4 heteroatoms. The Bertz CT molecular complexity index is 742. The molecule has 0 spiro atoms. The molecular formula is C28H46B2O2. The number of Topliss-reactive ketones (excluding diaryl/α,β-unsaturated/α-hetero) is 1. The predicted molar refractivity (Wildman–Crippen MR) is 136 cm³/mol. The second-order valence-electron chi connectivity index (χ2n) is 12.5. The minimum Gasteiger partial charge on any atom is -0.390 e. The SMILES string of the molecule is CC.[B]C1([B])CC2C3CC=C4C[C@@](C)(O)CCC4(C)C3CCC2(C)C1[C@H](C)CCC(C)=O. The van der Waals surface area contributed by atoms with Gasteiger partial charge in [-0.1, -0.05) is 57.9 Å². The van der Waals surface area contributed by atoms with Gasteiger partial charge in [0.15, 0.2) is 0 Å². The number of carbonyl (C=O) groups excluding carboxylic acids is 1. The Morgan fingerprint density at radius 3 is 2.44 bits per heavy atom. The van der Waals surface area contributed by atoms with Crippen molar-refractivity contribution in [2.24, 2.45) is 40.4 Å². The Kier molecular flexibility index (Phi) is 7.29. The standard InChI is InChI=1S/C26H40B2O2.C2H6/c1-16(6-7-17(2)29)22-25(5)11-10-20-19(21(25)15-26(22,27)28)9-8-18-14-23(3,30)12-13-24(18,20)4;1-2/h8,16,19-22,30H,6-7,9-15H2,1-5H3;1-2H3/t16-,19?,20?,21?,22?,23+,24?,25?;/m1./s1. The summed E-state index contributed by atoms with van der Waals surface area (Å²) in [6, 6.07) is 0. The lowest BCUT2D eigenvalue weighted by Crippen LogP contribution is -2.52. The van der Waals surface area contributed by atoms with Gasteiger partial charge in [-0.25, -0.2) is 0 Å². The molecule has 1 N–H and O–H groups in total. The van der Waals surface area contributed by atoms with E-state index in [1.807, 2.05) is 20.8 Å². The van der Waals surface area contributed by atoms with E-state index in [-0.39, 0.29) is 22.5 Å². The van der Waals surface area contributed by atoms with Crippen LogP contribution in [0.1, 0.15) is 106 Å². The van der Waals surface area contributed by atoms with Crippen molar-refractivity contribution in [3.05, 3.63) is 11.6 Å². The summed E-state index contributed by atoms with van der Waals surface area (Å²) in [5.74, 6) is 2.75. The van der Waals surface area contributed by atoms with Gasteiger partial charge in [-0.05, 0) is 99.2 Å². The van der Waals surface area contributed by atoms with Crippen molar-refractivity contribution in [2.45, 2.75) is 117 Å². The Labute approximate surface area is 200 Å². The van der Waals surface area contributed by atoms with E-state index in [0.717, 1.165) is 38.5 Å². The predicted octanol–water partition coefficient (Wildman–Crippen LogP) is 6.41. The minimum atomic E-state index is -0.647. The number of hydrogen-bond acceptors (Lipinski definition) is 2. The summed E-state index contributed by atoms with van der Waals surface area (Å²) in [7, 11) is 13.7. The molecule has 3 fully saturated rings. The van der Waals surface area contributed by atoms with Gasteiger partial charge in [0.25, 0.3) is 0 Å². The van der Waals surface area contributed by atoms with E-state index in [1.54, 1.807) is 6.92 Å². The molecule has 2 nitrogen and oxygen atoms in total. The lowest BCUT2D eigenvalue weighted by molar-refractivity contribution is -0.117. The molecule has 0 bridgehead atoms. The highest BCUT2D eigenvalue weighted by molar-refractivity contribution is 6.40. The maximum atomic E-state index is 11.6. The van der Waals surface area contributed by atoms with Crippen LogP contribution in [0.3, 0.4) is 0 Å². The molecule has 0 saturated heterocycles. The zero-order chi connectivity index (χ0) is 24.1. The number of allylic oxidation sites excluding steroid dienone is 1. The van der Waals surface area contributed by atoms with Crippen molar-refractivity contribution in [1.29, 1.82) is 0 Å². The smallest absolute Gasteiger partial charge is 0.129 e. The van der Waals surface area contributed by atoms with Crippen LogP contribution in [0.25, 0.3) is 0 Å². The van der Waals surface area contributed by atoms with Gasteiger partial charge in [-0.2, -0.15) is 0 Å². The van der Waals surface area contributed by atoms with E-state index in [0.29, 0.717) is 30.1 Å². The molecule has 0 amide bonds. The number of rotatable bonds is 4. The van der Waals surface area contributed by atoms with Gasteiger partial charge in [0.1, 0.15) is 5.78 Å². The zero-order valence-electron chi connectivity index (χ0n) is 21.8. The van der Waals surface area contributed by atoms with E-state index in [9.17, 15) is 9.90 Å². The van der Waals surface area contributed by atoms with Crippen molar-refractivity contribution < 1.29 is 9.90 Å². The molecule has 32 heavy (non-hydrogen) atoms. The summed E-state index contributed by atoms with van der Waals surface area (Å²) >= 11 is 0. The molecular weight excluding hydrogens is 390 g/mol. The van der Waals surface area contributed by atoms with Crippen molar-refractivity contribution >= 4 is 21.5 Å². The van der Waals surface area contributed by atoms with Gasteiger partial charge in [0.2, 0.25) is 0 Å². The summed E-state index contributed by atoms with van der Waals surface area (Å²) in [5, 5.41) is 10.0. The number of aliphatic hydroxyl groups is 1. The third kappa shape index (κ3) is 4.32. The van der Waals surface area contributed by atoms with E-state index >= 15 is 0 Å². The summed E-state index contributed by atoms with van der Waals surface area (Å²) < 4.78 is 0. The maximum absolute atomic E-state index is 11.6. The van der Waals surface area contributed by atoms with Crippen LogP contribution in [0.4, 0.5) is 0 Å². The molecule has 3 saturated carbocycles. The van der Waals surface area contributed by atoms with Crippen LogP contribution in [0.2, 0.25) is 5.21 Å². The Morgan fingerprint density at radius 2 is 1.81 bits per heavy atom. The Hall–Kier alpha value is -0.500. The average molecular weight is 436 g/mol. The zero-order valence-corrected chi connectivity index (χ0v) is 21.8. The van der Waals surface area contributed by atoms with Crippen LogP contribution in [-0.2, 0) is 4.79 Å². The fourth-order valence-corrected chi connectivity index (χ4v) is 8.82. The van der Waals surface area contributed by atoms with E-state index < -0.39 is 10.8 Å². The maximum Gasteiger partial charge on any atom is 0.129 e. The molecule has 4 radical (unpaired) electrons. The highest BCUT2D eigenvalue weighted by Gasteiger charge is 2.63. The summed E-state index contributed by atoms with van der Waals surface area (Å²) in [6.07, 6.45) is 11.2. The Morgan fingerprint density at radius 1 is 1.16 bits per heavy atom. The topological polar surface area (TPSA) is 37.3 Å². The first-order chi connectivity index (χ1) is 14.8. The number of ketones is 1. The van der Waals surface area contributed by atoms with Crippen molar-refractivity contribution in [2.75, 3.05) is 0 Å². The average Bonchev–Trinajstić information content (AvgIpc) is 2.93. The largest absolute Gasteiger partial charge is 0.390 e. The van der Waals surface area contributed by atoms with Crippen LogP contribution in [0.15, 0.2) is 11.6 Å². The normalized spacial score (nSPS) is 45.3. The molecule has 176 valence electrons. The van der Waals surface area contributed by atoms with Gasteiger partial charge in [0, 0.05) is 6.42 Å². The van der Waals surface area contributed by atoms with Gasteiger partial charge < -0.3 is 9.90 Å². The third-order valence-electron chi connectivity index (χ3n) is 10.2. The second-order valence-corrected chi connectivity index (χ2v) is 12.5. The fourth-order valence-electron chi connectivity index (χ4n) is 8.82. The van der Waals surface area contributed by atoms with Gasteiger partial charge in [-0.3, -0.25) is 0 Å². The second kappa shape index (κ2) is 8.94. The van der Waals surface area contributed by atoms with Crippen LogP contribution in [0, 0.1) is 40.4 Å². The molecule has 4 aliphatic rings.